The number of rotatable bonds is 6. The summed E-state index contributed by atoms with van der Waals surface area (Å²) in [6, 6.07) is 0. The van der Waals surface area contributed by atoms with Gasteiger partial charge >= 0.3 is 0 Å². The van der Waals surface area contributed by atoms with Crippen LogP contribution in [-0.4, -0.2) is 12.3 Å². The molecule has 0 aliphatic heterocycles. The molecule has 0 aromatic carbocycles. The second-order valence-electron chi connectivity index (χ2n) is 4.57. The van der Waals surface area contributed by atoms with Crippen molar-refractivity contribution in [3.63, 3.8) is 0 Å². The number of nitrogen functional groups attached to an aromatic ring is 1. The summed E-state index contributed by atoms with van der Waals surface area (Å²) < 4.78 is 0. The van der Waals surface area contributed by atoms with E-state index in [-0.39, 0.29) is 5.78 Å². The maximum absolute atomic E-state index is 11.8. The summed E-state index contributed by atoms with van der Waals surface area (Å²) in [7, 11) is 0. The first-order valence-corrected chi connectivity index (χ1v) is 7.19. The van der Waals surface area contributed by atoms with Crippen molar-refractivity contribution in [1.82, 2.24) is 0 Å². The number of nitrogens with one attached hydrogen (secondary N) is 1. The fourth-order valence-electron chi connectivity index (χ4n) is 1.97. The maximum atomic E-state index is 11.8. The van der Waals surface area contributed by atoms with Crippen molar-refractivity contribution in [2.45, 2.75) is 45.4 Å². The Bertz CT molecular complexity index is 421. The van der Waals surface area contributed by atoms with Crippen LogP contribution in [0.5, 0.6) is 0 Å². The third kappa shape index (κ3) is 2.46. The van der Waals surface area contributed by atoms with Crippen LogP contribution in [0.3, 0.4) is 0 Å². The van der Waals surface area contributed by atoms with Crippen molar-refractivity contribution >= 4 is 27.8 Å². The SMILES string of the molecule is CCCNc1sc(C(=O)CC)c(N)c1C1CC1. The number of carbonyl (C=O) groups excluding carboxylic acids is 1. The highest BCUT2D eigenvalue weighted by Gasteiger charge is 2.32. The summed E-state index contributed by atoms with van der Waals surface area (Å²) in [5.74, 6) is 0.753. The summed E-state index contributed by atoms with van der Waals surface area (Å²) in [4.78, 5) is 12.6. The Balaban J connectivity index is 2.32. The summed E-state index contributed by atoms with van der Waals surface area (Å²) in [6.45, 7) is 4.97. The predicted octanol–water partition coefficient (Wildman–Crippen LogP) is 3.62. The van der Waals surface area contributed by atoms with Crippen molar-refractivity contribution in [2.75, 3.05) is 17.6 Å². The number of Topliss-reactive ketones (excluding diaryl/α,β-unsaturated/α-hetero) is 1. The minimum atomic E-state index is 0.166. The average molecular weight is 252 g/mol. The standard InChI is InChI=1S/C13H20N2OS/c1-3-7-15-13-10(8-5-6-8)11(14)12(17-13)9(16)4-2/h8,15H,3-7,14H2,1-2H3. The summed E-state index contributed by atoms with van der Waals surface area (Å²) in [5.41, 5.74) is 8.09. The molecule has 0 bridgehead atoms. The number of ketones is 1. The van der Waals surface area contributed by atoms with E-state index in [1.165, 1.54) is 18.4 Å². The molecule has 0 atom stereocenters. The van der Waals surface area contributed by atoms with Gasteiger partial charge in [-0.05, 0) is 25.2 Å². The van der Waals surface area contributed by atoms with Crippen molar-refractivity contribution in [1.29, 1.82) is 0 Å². The third-order valence-corrected chi connectivity index (χ3v) is 4.30. The van der Waals surface area contributed by atoms with E-state index in [4.69, 9.17) is 5.73 Å². The van der Waals surface area contributed by atoms with E-state index in [9.17, 15) is 4.79 Å². The molecule has 1 aromatic heterocycles. The molecule has 1 heterocycles. The van der Waals surface area contributed by atoms with Crippen LogP contribution in [0.25, 0.3) is 0 Å². The van der Waals surface area contributed by atoms with Gasteiger partial charge in [0.2, 0.25) is 0 Å². The smallest absolute Gasteiger partial charge is 0.174 e. The first-order chi connectivity index (χ1) is 8.19. The molecule has 94 valence electrons. The van der Waals surface area contributed by atoms with Crippen LogP contribution in [-0.2, 0) is 0 Å². The molecule has 17 heavy (non-hydrogen) atoms. The number of carbonyl (C=O) groups is 1. The van der Waals surface area contributed by atoms with Gasteiger partial charge in [0.15, 0.2) is 5.78 Å². The minimum absolute atomic E-state index is 0.166. The van der Waals surface area contributed by atoms with Crippen LogP contribution < -0.4 is 11.1 Å². The van der Waals surface area contributed by atoms with Gasteiger partial charge in [0, 0.05) is 18.5 Å². The lowest BCUT2D eigenvalue weighted by Crippen LogP contribution is -2.01. The largest absolute Gasteiger partial charge is 0.397 e. The topological polar surface area (TPSA) is 55.1 Å². The minimum Gasteiger partial charge on any atom is -0.397 e. The Hall–Kier alpha value is -1.03. The highest BCUT2D eigenvalue weighted by Crippen LogP contribution is 2.50. The van der Waals surface area contributed by atoms with Crippen LogP contribution in [0.4, 0.5) is 10.7 Å². The van der Waals surface area contributed by atoms with Gasteiger partial charge in [-0.2, -0.15) is 0 Å². The molecule has 0 unspecified atom stereocenters. The molecular weight excluding hydrogens is 232 g/mol. The molecule has 2 rings (SSSR count). The summed E-state index contributed by atoms with van der Waals surface area (Å²) >= 11 is 1.54. The molecule has 1 aliphatic rings. The van der Waals surface area contributed by atoms with E-state index in [0.29, 0.717) is 12.3 Å². The zero-order valence-corrected chi connectivity index (χ0v) is 11.3. The predicted molar refractivity (Wildman–Crippen MR) is 74.1 cm³/mol. The van der Waals surface area contributed by atoms with E-state index in [0.717, 1.165) is 28.5 Å². The second-order valence-corrected chi connectivity index (χ2v) is 5.59. The highest BCUT2D eigenvalue weighted by molar-refractivity contribution is 7.18. The van der Waals surface area contributed by atoms with Gasteiger partial charge in [0.1, 0.15) is 0 Å². The van der Waals surface area contributed by atoms with Gasteiger partial charge in [-0.15, -0.1) is 11.3 Å². The van der Waals surface area contributed by atoms with Crippen LogP contribution in [0.1, 0.15) is 60.7 Å². The Kier molecular flexibility index (Phi) is 3.72. The first-order valence-electron chi connectivity index (χ1n) is 6.38. The lowest BCUT2D eigenvalue weighted by Gasteiger charge is -2.05. The lowest BCUT2D eigenvalue weighted by molar-refractivity contribution is 0.0993. The van der Waals surface area contributed by atoms with Crippen LogP contribution >= 0.6 is 11.3 Å². The fourth-order valence-corrected chi connectivity index (χ4v) is 3.21. The molecule has 3 nitrogen and oxygen atoms in total. The zero-order valence-electron chi connectivity index (χ0n) is 10.5. The van der Waals surface area contributed by atoms with Crippen molar-refractivity contribution in [2.24, 2.45) is 0 Å². The molecule has 0 spiro atoms. The zero-order chi connectivity index (χ0) is 12.4. The molecule has 1 saturated carbocycles. The first kappa shape index (κ1) is 12.4. The monoisotopic (exact) mass is 252 g/mol. The molecule has 0 saturated heterocycles. The third-order valence-electron chi connectivity index (χ3n) is 3.08. The van der Waals surface area contributed by atoms with E-state index in [2.05, 4.69) is 12.2 Å². The Morgan fingerprint density at radius 2 is 2.18 bits per heavy atom. The Morgan fingerprint density at radius 3 is 2.71 bits per heavy atom. The molecule has 3 N–H and O–H groups in total. The molecule has 4 heteroatoms. The van der Waals surface area contributed by atoms with Gasteiger partial charge in [0.05, 0.1) is 15.6 Å². The van der Waals surface area contributed by atoms with Crippen LogP contribution in [0, 0.1) is 0 Å². The number of hydrogen-bond donors (Lipinski definition) is 2. The quantitative estimate of drug-likeness (QED) is 0.760. The highest BCUT2D eigenvalue weighted by atomic mass is 32.1. The van der Waals surface area contributed by atoms with Crippen LogP contribution in [0.15, 0.2) is 0 Å². The number of thiophene rings is 1. The molecule has 0 amide bonds. The summed E-state index contributed by atoms with van der Waals surface area (Å²) in [5, 5.41) is 4.54. The number of anilines is 2. The Labute approximate surface area is 106 Å². The van der Waals surface area contributed by atoms with Crippen molar-refractivity contribution in [3.05, 3.63) is 10.4 Å². The van der Waals surface area contributed by atoms with Gasteiger partial charge in [-0.3, -0.25) is 4.79 Å². The van der Waals surface area contributed by atoms with E-state index >= 15 is 0 Å². The van der Waals surface area contributed by atoms with Gasteiger partial charge < -0.3 is 11.1 Å². The van der Waals surface area contributed by atoms with E-state index in [1.54, 1.807) is 11.3 Å². The Morgan fingerprint density at radius 1 is 1.47 bits per heavy atom. The number of nitrogens with two attached hydrogens (primary N) is 1. The molecule has 1 aliphatic carbocycles. The van der Waals surface area contributed by atoms with E-state index < -0.39 is 0 Å². The molecule has 1 aromatic rings. The number of hydrogen-bond acceptors (Lipinski definition) is 4. The van der Waals surface area contributed by atoms with Crippen LogP contribution in [0.2, 0.25) is 0 Å². The summed E-state index contributed by atoms with van der Waals surface area (Å²) in [6.07, 6.45) is 4.03. The average Bonchev–Trinajstić information content (AvgIpc) is 3.11. The fraction of sp³-hybridized carbons (Fsp3) is 0.615. The lowest BCUT2D eigenvalue weighted by atomic mass is 10.1. The van der Waals surface area contributed by atoms with E-state index in [1.807, 2.05) is 6.92 Å². The van der Waals surface area contributed by atoms with Crippen molar-refractivity contribution < 1.29 is 4.79 Å². The van der Waals surface area contributed by atoms with Gasteiger partial charge in [-0.25, -0.2) is 0 Å². The molecule has 1 fully saturated rings. The normalized spacial score (nSPS) is 14.9. The molecular formula is C13H20N2OS. The molecule has 0 radical (unpaired) electrons. The van der Waals surface area contributed by atoms with Crippen molar-refractivity contribution in [3.8, 4) is 0 Å². The second kappa shape index (κ2) is 5.08. The van der Waals surface area contributed by atoms with Gasteiger partial charge in [-0.1, -0.05) is 13.8 Å². The maximum Gasteiger partial charge on any atom is 0.174 e. The van der Waals surface area contributed by atoms with Gasteiger partial charge in [0.25, 0.3) is 0 Å².